The minimum Gasteiger partial charge on any atom is -0.497 e. The van der Waals surface area contributed by atoms with Crippen LogP contribution in [0.3, 0.4) is 0 Å². The van der Waals surface area contributed by atoms with Gasteiger partial charge in [0.25, 0.3) is 0 Å². The van der Waals surface area contributed by atoms with Crippen LogP contribution in [-0.2, 0) is 12.1 Å². The Bertz CT molecular complexity index is 946. The zero-order valence-electron chi connectivity index (χ0n) is 20.7. The van der Waals surface area contributed by atoms with E-state index in [0.717, 1.165) is 31.1 Å². The molecule has 2 aromatic carbocycles. The van der Waals surface area contributed by atoms with Crippen molar-refractivity contribution >= 4 is 16.1 Å². The molecule has 2 aromatic rings. The van der Waals surface area contributed by atoms with Crippen LogP contribution < -0.4 is 9.30 Å². The second kappa shape index (κ2) is 11.4. The Balaban J connectivity index is 2.10. The fourth-order valence-corrected chi connectivity index (χ4v) is 3.60. The van der Waals surface area contributed by atoms with Gasteiger partial charge in [-0.05, 0) is 82.6 Å². The first-order valence-corrected chi connectivity index (χ1v) is 11.7. The highest BCUT2D eigenvalue weighted by Gasteiger charge is 2.26. The van der Waals surface area contributed by atoms with Crippen molar-refractivity contribution in [1.29, 1.82) is 0 Å². The summed E-state index contributed by atoms with van der Waals surface area (Å²) in [6.07, 6.45) is 4.12. The van der Waals surface area contributed by atoms with E-state index in [9.17, 15) is 0 Å². The maximum atomic E-state index is 5.30. The molecule has 3 radical (unpaired) electrons. The Kier molecular flexibility index (Phi) is 9.18. The lowest BCUT2D eigenvalue weighted by atomic mass is 9.93. The van der Waals surface area contributed by atoms with Gasteiger partial charge >= 0.3 is 0 Å². The van der Waals surface area contributed by atoms with E-state index in [1.165, 1.54) is 11.1 Å². The quantitative estimate of drug-likeness (QED) is 0.350. The Morgan fingerprint density at radius 3 is 2.31 bits per heavy atom. The summed E-state index contributed by atoms with van der Waals surface area (Å²) in [5, 5.41) is 0. The largest absolute Gasteiger partial charge is 0.497 e. The van der Waals surface area contributed by atoms with Crippen molar-refractivity contribution < 1.29 is 4.74 Å². The number of hydrogen-bond acceptors (Lipinski definition) is 3. The van der Waals surface area contributed by atoms with Crippen molar-refractivity contribution in [3.05, 3.63) is 71.8 Å². The monoisotopic (exact) mass is 445 g/mol. The van der Waals surface area contributed by atoms with Gasteiger partial charge in [0.05, 0.1) is 12.6 Å². The molecular formula is C28H37N2OSi. The van der Waals surface area contributed by atoms with E-state index in [1.54, 1.807) is 7.11 Å². The molecule has 0 aromatic heterocycles. The third kappa shape index (κ3) is 7.58. The number of likely N-dealkylation sites (N-methyl/N-ethyl adjacent to an activating group) is 1. The number of ether oxygens (including phenoxy) is 1. The van der Waals surface area contributed by atoms with E-state index in [0.29, 0.717) is 0 Å². The van der Waals surface area contributed by atoms with E-state index in [1.807, 2.05) is 18.2 Å². The summed E-state index contributed by atoms with van der Waals surface area (Å²) in [5.41, 5.74) is 3.42. The first-order chi connectivity index (χ1) is 15.1. The molecule has 0 spiro atoms. The highest BCUT2D eigenvalue weighted by Crippen LogP contribution is 2.32. The van der Waals surface area contributed by atoms with Crippen molar-refractivity contribution in [2.75, 3.05) is 24.8 Å². The molecule has 0 fully saturated rings. The molecule has 0 atom stereocenters. The number of hydrogen-bond donors (Lipinski definition) is 0. The summed E-state index contributed by atoms with van der Waals surface area (Å²) in [5.74, 6) is 7.26. The molecule has 0 heterocycles. The third-order valence-corrected chi connectivity index (χ3v) is 6.21. The predicted octanol–water partition coefficient (Wildman–Crippen LogP) is 5.95. The molecule has 32 heavy (non-hydrogen) atoms. The van der Waals surface area contributed by atoms with Crippen LogP contribution in [0.5, 0.6) is 5.75 Å². The lowest BCUT2D eigenvalue weighted by Gasteiger charge is -2.38. The molecule has 0 bridgehead atoms. The second-order valence-electron chi connectivity index (χ2n) is 9.54. The number of allylic oxidation sites excluding steroid dienone is 1. The number of nitrogens with zero attached hydrogens (tertiary/aromatic N) is 2. The first-order valence-electron chi connectivity index (χ1n) is 11.2. The number of rotatable bonds is 9. The molecule has 0 aliphatic heterocycles. The Morgan fingerprint density at radius 1 is 1.03 bits per heavy atom. The smallest absolute Gasteiger partial charge is 0.190 e. The molecule has 0 unspecified atom stereocenters. The number of anilines is 1. The van der Waals surface area contributed by atoms with Gasteiger partial charge < -0.3 is 9.30 Å². The maximum absolute atomic E-state index is 5.30. The van der Waals surface area contributed by atoms with Crippen molar-refractivity contribution in [3.8, 4) is 17.6 Å². The molecule has 0 N–H and O–H groups in total. The fourth-order valence-electron chi connectivity index (χ4n) is 3.33. The Morgan fingerprint density at radius 2 is 1.72 bits per heavy atom. The van der Waals surface area contributed by atoms with Gasteiger partial charge in [0, 0.05) is 24.2 Å². The average molecular weight is 446 g/mol. The van der Waals surface area contributed by atoms with E-state index < -0.39 is 0 Å². The van der Waals surface area contributed by atoms with Gasteiger partial charge in [-0.3, -0.25) is 4.90 Å². The van der Waals surface area contributed by atoms with E-state index in [2.05, 4.69) is 116 Å². The first kappa shape index (κ1) is 25.8. The van der Waals surface area contributed by atoms with Crippen LogP contribution in [0.4, 0.5) is 5.69 Å². The molecular weight excluding hydrogens is 408 g/mol. The normalized spacial score (nSPS) is 12.0. The van der Waals surface area contributed by atoms with E-state index in [4.69, 9.17) is 4.74 Å². The Hall–Kier alpha value is -2.48. The van der Waals surface area contributed by atoms with Crippen molar-refractivity contribution in [2.24, 2.45) is 5.41 Å². The van der Waals surface area contributed by atoms with Gasteiger partial charge in [0.15, 0.2) is 10.4 Å². The number of benzene rings is 2. The molecule has 3 nitrogen and oxygen atoms in total. The van der Waals surface area contributed by atoms with Gasteiger partial charge in [-0.1, -0.05) is 49.1 Å². The van der Waals surface area contributed by atoms with Gasteiger partial charge in [0.2, 0.25) is 0 Å². The van der Waals surface area contributed by atoms with Crippen molar-refractivity contribution in [3.63, 3.8) is 0 Å². The highest BCUT2D eigenvalue weighted by molar-refractivity contribution is 6.18. The predicted molar refractivity (Wildman–Crippen MR) is 138 cm³/mol. The lowest BCUT2D eigenvalue weighted by molar-refractivity contribution is 0.311. The highest BCUT2D eigenvalue weighted by atomic mass is 28.2. The SMILES string of the molecule is CCN(CC=CC#CC(C)(C)C)Cc1cccc(N([Si])C(C)(C)c2ccc(OC)cc2)c1. The van der Waals surface area contributed by atoms with Crippen molar-refractivity contribution in [2.45, 2.75) is 53.6 Å². The van der Waals surface area contributed by atoms with Crippen LogP contribution in [0.25, 0.3) is 0 Å². The summed E-state index contributed by atoms with van der Waals surface area (Å²) in [4.78, 5) is 2.40. The second-order valence-corrected chi connectivity index (χ2v) is 9.99. The molecule has 0 amide bonds. The van der Waals surface area contributed by atoms with Gasteiger partial charge in [-0.2, -0.15) is 0 Å². The molecule has 0 aliphatic carbocycles. The number of methoxy groups -OCH3 is 1. The Labute approximate surface area is 199 Å². The molecule has 0 saturated heterocycles. The summed E-state index contributed by atoms with van der Waals surface area (Å²) >= 11 is 0. The van der Waals surface area contributed by atoms with Crippen LogP contribution in [0, 0.1) is 17.3 Å². The topological polar surface area (TPSA) is 15.7 Å². The minimum absolute atomic E-state index is 0.0379. The van der Waals surface area contributed by atoms with E-state index in [-0.39, 0.29) is 11.0 Å². The molecule has 0 saturated carbocycles. The van der Waals surface area contributed by atoms with Crippen LogP contribution >= 0.6 is 0 Å². The summed E-state index contributed by atoms with van der Waals surface area (Å²) in [6, 6.07) is 16.9. The van der Waals surface area contributed by atoms with Gasteiger partial charge in [-0.15, -0.1) is 0 Å². The van der Waals surface area contributed by atoms with Crippen molar-refractivity contribution in [1.82, 2.24) is 4.90 Å². The zero-order valence-corrected chi connectivity index (χ0v) is 21.7. The summed E-state index contributed by atoms with van der Waals surface area (Å²) < 4.78 is 7.45. The summed E-state index contributed by atoms with van der Waals surface area (Å²) in [7, 11) is 5.59. The lowest BCUT2D eigenvalue weighted by Crippen LogP contribution is -2.39. The summed E-state index contributed by atoms with van der Waals surface area (Å²) in [6.45, 7) is 15.7. The molecule has 169 valence electrons. The minimum atomic E-state index is -0.235. The van der Waals surface area contributed by atoms with Crippen LogP contribution in [-0.4, -0.2) is 35.5 Å². The van der Waals surface area contributed by atoms with Crippen LogP contribution in [0.2, 0.25) is 0 Å². The molecule has 4 heteroatoms. The standard InChI is InChI=1S/C28H37N2OSi/c1-8-29(20-11-9-10-19-27(2,3)4)22-23-13-12-14-25(21-23)30(32)28(5,6)24-15-17-26(31-7)18-16-24/h9,11-18,21H,8,20,22H2,1-7H3. The van der Waals surface area contributed by atoms with E-state index >= 15 is 0 Å². The average Bonchev–Trinajstić information content (AvgIpc) is 2.77. The van der Waals surface area contributed by atoms with Gasteiger partial charge in [0.1, 0.15) is 5.75 Å². The molecule has 2 rings (SSSR count). The molecule has 0 aliphatic rings. The van der Waals surface area contributed by atoms with Gasteiger partial charge in [-0.25, -0.2) is 0 Å². The van der Waals surface area contributed by atoms with Crippen LogP contribution in [0.15, 0.2) is 60.7 Å². The third-order valence-electron chi connectivity index (χ3n) is 5.39. The zero-order chi connectivity index (χ0) is 23.8. The fraction of sp³-hybridized carbons (Fsp3) is 0.429. The van der Waals surface area contributed by atoms with Crippen LogP contribution in [0.1, 0.15) is 52.7 Å². The maximum Gasteiger partial charge on any atom is 0.190 e.